The molecule has 0 radical (unpaired) electrons. The fourth-order valence-electron chi connectivity index (χ4n) is 3.90. The van der Waals surface area contributed by atoms with Crippen LogP contribution in [0.25, 0.3) is 33.1 Å². The predicted octanol–water partition coefficient (Wildman–Crippen LogP) is 4.20. The summed E-state index contributed by atoms with van der Waals surface area (Å²) in [5.41, 5.74) is 3.66. The number of amides is 2. The maximum atomic E-state index is 13.5. The van der Waals surface area contributed by atoms with Crippen molar-refractivity contribution in [3.05, 3.63) is 89.9 Å². The van der Waals surface area contributed by atoms with Crippen LogP contribution in [0.1, 0.15) is 15.9 Å². The maximum absolute atomic E-state index is 13.5. The predicted molar refractivity (Wildman–Crippen MR) is 127 cm³/mol. The Morgan fingerprint density at radius 1 is 0.971 bits per heavy atom. The first-order valence-corrected chi connectivity index (χ1v) is 10.8. The van der Waals surface area contributed by atoms with Gasteiger partial charge in [0.05, 0.1) is 11.9 Å². The molecule has 5 aromatic rings. The van der Waals surface area contributed by atoms with Gasteiger partial charge in [-0.25, -0.2) is 4.39 Å². The summed E-state index contributed by atoms with van der Waals surface area (Å²) in [6.45, 7) is 0.208. The van der Waals surface area contributed by atoms with Gasteiger partial charge in [-0.05, 0) is 48.4 Å². The highest BCUT2D eigenvalue weighted by Crippen LogP contribution is 2.29. The molecule has 0 spiro atoms. The summed E-state index contributed by atoms with van der Waals surface area (Å²) >= 11 is 0. The number of aromatic nitrogens is 2. The molecule has 0 atom stereocenters. The molecule has 2 amide bonds. The molecule has 2 aromatic heterocycles. The van der Waals surface area contributed by atoms with Gasteiger partial charge in [-0.15, -0.1) is 0 Å². The molecule has 2 heterocycles. The van der Waals surface area contributed by atoms with E-state index in [-0.39, 0.29) is 24.2 Å². The van der Waals surface area contributed by atoms with Gasteiger partial charge in [0.15, 0.2) is 5.76 Å². The Hall–Kier alpha value is -4.46. The Balaban J connectivity index is 1.18. The van der Waals surface area contributed by atoms with Gasteiger partial charge in [0.2, 0.25) is 5.91 Å². The molecule has 0 aliphatic heterocycles. The lowest BCUT2D eigenvalue weighted by molar-refractivity contribution is -0.120. The van der Waals surface area contributed by atoms with Crippen LogP contribution in [0, 0.1) is 5.82 Å². The van der Waals surface area contributed by atoms with Gasteiger partial charge in [0, 0.05) is 34.8 Å². The van der Waals surface area contributed by atoms with E-state index in [0.29, 0.717) is 29.8 Å². The second-order valence-corrected chi connectivity index (χ2v) is 7.90. The number of aromatic amines is 1. The van der Waals surface area contributed by atoms with Crippen LogP contribution >= 0.6 is 0 Å². The minimum Gasteiger partial charge on any atom is -0.361 e. The van der Waals surface area contributed by atoms with E-state index in [1.54, 1.807) is 24.3 Å². The second kappa shape index (κ2) is 9.19. The van der Waals surface area contributed by atoms with Crippen LogP contribution in [-0.2, 0) is 11.2 Å². The van der Waals surface area contributed by atoms with Crippen molar-refractivity contribution in [3.63, 3.8) is 0 Å². The number of hydrogen-bond donors (Lipinski definition) is 3. The number of fused-ring (bicyclic) bond motifs is 2. The third kappa shape index (κ3) is 4.38. The van der Waals surface area contributed by atoms with E-state index in [4.69, 9.17) is 4.52 Å². The van der Waals surface area contributed by atoms with E-state index in [2.05, 4.69) is 20.8 Å². The quantitative estimate of drug-likeness (QED) is 0.342. The van der Waals surface area contributed by atoms with Gasteiger partial charge in [-0.2, -0.15) is 0 Å². The van der Waals surface area contributed by atoms with Crippen LogP contribution in [0.15, 0.2) is 77.4 Å². The standard InChI is InChI=1S/C26H21FN4O3/c27-19-7-9-22-20(13-19)18(14-29-22)10-11-28-24(32)15-30-26(33)17-6-8-23-21(12-17)25(34-31-23)16-4-2-1-3-5-16/h1-9,12-14,29H,10-11,15H2,(H,28,32)(H,30,33). The van der Waals surface area contributed by atoms with Gasteiger partial charge in [0.1, 0.15) is 11.3 Å². The molecule has 7 nitrogen and oxygen atoms in total. The number of rotatable bonds is 7. The van der Waals surface area contributed by atoms with Crippen molar-refractivity contribution in [2.75, 3.05) is 13.1 Å². The van der Waals surface area contributed by atoms with Gasteiger partial charge >= 0.3 is 0 Å². The van der Waals surface area contributed by atoms with Crippen molar-refractivity contribution in [1.82, 2.24) is 20.8 Å². The number of halogens is 1. The molecular formula is C26H21FN4O3. The molecule has 34 heavy (non-hydrogen) atoms. The first-order valence-electron chi connectivity index (χ1n) is 10.8. The lowest BCUT2D eigenvalue weighted by Gasteiger charge is -2.07. The zero-order valence-corrected chi connectivity index (χ0v) is 18.1. The van der Waals surface area contributed by atoms with Crippen molar-refractivity contribution in [3.8, 4) is 11.3 Å². The molecular weight excluding hydrogens is 435 g/mol. The molecule has 0 fully saturated rings. The monoisotopic (exact) mass is 456 g/mol. The fourth-order valence-corrected chi connectivity index (χ4v) is 3.90. The number of H-pyrrole nitrogens is 1. The van der Waals surface area contributed by atoms with E-state index in [0.717, 1.165) is 27.4 Å². The number of carbonyl (C=O) groups is 2. The molecule has 0 unspecified atom stereocenters. The SMILES string of the molecule is O=C(CNC(=O)c1ccc2noc(-c3ccccc3)c2c1)NCCc1c[nH]c2ccc(F)cc12. The molecule has 0 saturated carbocycles. The fraction of sp³-hybridized carbons (Fsp3) is 0.115. The van der Waals surface area contributed by atoms with Gasteiger partial charge in [-0.3, -0.25) is 9.59 Å². The zero-order valence-electron chi connectivity index (χ0n) is 18.1. The summed E-state index contributed by atoms with van der Waals surface area (Å²) in [4.78, 5) is 27.9. The third-order valence-corrected chi connectivity index (χ3v) is 5.63. The van der Waals surface area contributed by atoms with Crippen LogP contribution in [0.2, 0.25) is 0 Å². The first-order chi connectivity index (χ1) is 16.6. The van der Waals surface area contributed by atoms with Crippen molar-refractivity contribution in [2.45, 2.75) is 6.42 Å². The number of nitrogens with zero attached hydrogens (tertiary/aromatic N) is 1. The maximum Gasteiger partial charge on any atom is 0.251 e. The smallest absolute Gasteiger partial charge is 0.251 e. The van der Waals surface area contributed by atoms with Crippen molar-refractivity contribution in [1.29, 1.82) is 0 Å². The highest BCUT2D eigenvalue weighted by Gasteiger charge is 2.14. The molecule has 0 aliphatic carbocycles. The number of hydrogen-bond acceptors (Lipinski definition) is 4. The normalized spacial score (nSPS) is 11.1. The van der Waals surface area contributed by atoms with E-state index < -0.39 is 0 Å². The summed E-state index contributed by atoms with van der Waals surface area (Å²) in [5.74, 6) is -0.403. The second-order valence-electron chi connectivity index (χ2n) is 7.90. The molecule has 3 N–H and O–H groups in total. The van der Waals surface area contributed by atoms with Gasteiger partial charge < -0.3 is 20.1 Å². The van der Waals surface area contributed by atoms with E-state index in [1.165, 1.54) is 12.1 Å². The Morgan fingerprint density at radius 3 is 2.68 bits per heavy atom. The average Bonchev–Trinajstić information content (AvgIpc) is 3.46. The van der Waals surface area contributed by atoms with Crippen molar-refractivity contribution >= 4 is 33.6 Å². The third-order valence-electron chi connectivity index (χ3n) is 5.63. The molecule has 5 rings (SSSR count). The highest BCUT2D eigenvalue weighted by atomic mass is 19.1. The Morgan fingerprint density at radius 2 is 1.82 bits per heavy atom. The Kier molecular flexibility index (Phi) is 5.78. The van der Waals surface area contributed by atoms with E-state index in [9.17, 15) is 14.0 Å². The Bertz CT molecular complexity index is 1490. The molecule has 0 saturated heterocycles. The van der Waals surface area contributed by atoms with E-state index >= 15 is 0 Å². The van der Waals surface area contributed by atoms with Crippen LogP contribution in [0.5, 0.6) is 0 Å². The Labute approximate surface area is 193 Å². The summed E-state index contributed by atoms with van der Waals surface area (Å²) in [5, 5.41) is 11.0. The largest absolute Gasteiger partial charge is 0.361 e. The number of nitrogens with one attached hydrogen (secondary N) is 3. The van der Waals surface area contributed by atoms with Gasteiger partial charge in [0.25, 0.3) is 5.91 Å². The molecule has 0 aliphatic rings. The summed E-state index contributed by atoms with van der Waals surface area (Å²) < 4.78 is 19.0. The summed E-state index contributed by atoms with van der Waals surface area (Å²) in [7, 11) is 0. The highest BCUT2D eigenvalue weighted by molar-refractivity contribution is 6.02. The number of carbonyl (C=O) groups excluding carboxylic acids is 2. The summed E-state index contributed by atoms with van der Waals surface area (Å²) in [6.07, 6.45) is 2.35. The van der Waals surface area contributed by atoms with Crippen LogP contribution in [0.4, 0.5) is 4.39 Å². The molecule has 3 aromatic carbocycles. The van der Waals surface area contributed by atoms with E-state index in [1.807, 2.05) is 36.5 Å². The molecule has 170 valence electrons. The van der Waals surface area contributed by atoms with Crippen LogP contribution < -0.4 is 10.6 Å². The molecule has 0 bridgehead atoms. The van der Waals surface area contributed by atoms with Crippen molar-refractivity contribution in [2.24, 2.45) is 0 Å². The topological polar surface area (TPSA) is 100 Å². The van der Waals surface area contributed by atoms with Crippen LogP contribution in [0.3, 0.4) is 0 Å². The zero-order chi connectivity index (χ0) is 23.5. The molecule has 8 heteroatoms. The lowest BCUT2D eigenvalue weighted by atomic mass is 10.1. The average molecular weight is 456 g/mol. The minimum atomic E-state index is -0.371. The number of benzene rings is 3. The minimum absolute atomic E-state index is 0.158. The van der Waals surface area contributed by atoms with Crippen LogP contribution in [-0.4, -0.2) is 35.0 Å². The first kappa shape index (κ1) is 21.4. The summed E-state index contributed by atoms with van der Waals surface area (Å²) in [6, 6.07) is 19.1. The lowest BCUT2D eigenvalue weighted by Crippen LogP contribution is -2.37. The van der Waals surface area contributed by atoms with Gasteiger partial charge in [-0.1, -0.05) is 35.5 Å². The van der Waals surface area contributed by atoms with Crippen molar-refractivity contribution < 1.29 is 18.5 Å².